The van der Waals surface area contributed by atoms with E-state index in [9.17, 15) is 29.4 Å². The molecule has 0 aliphatic rings. The van der Waals surface area contributed by atoms with E-state index in [4.69, 9.17) is 9.47 Å². The Morgan fingerprint density at radius 3 is 1.38 bits per heavy atom. The molecule has 0 aromatic heterocycles. The number of benzene rings is 3. The highest BCUT2D eigenvalue weighted by atomic mass is 16.5. The summed E-state index contributed by atoms with van der Waals surface area (Å²) in [5.74, 6) is -4.93. The molecular formula is C24H18O8. The van der Waals surface area contributed by atoms with E-state index in [1.54, 1.807) is 12.1 Å². The van der Waals surface area contributed by atoms with Crippen molar-refractivity contribution in [1.29, 1.82) is 0 Å². The number of hydrogen-bond acceptors (Lipinski definition) is 8. The molecule has 3 aromatic carbocycles. The summed E-state index contributed by atoms with van der Waals surface area (Å²) in [4.78, 5) is 50.7. The zero-order chi connectivity index (χ0) is 23.4. The third-order valence-electron chi connectivity index (χ3n) is 4.68. The average Bonchev–Trinajstić information content (AvgIpc) is 2.82. The van der Waals surface area contributed by atoms with E-state index in [1.165, 1.54) is 50.6 Å². The summed E-state index contributed by atoms with van der Waals surface area (Å²) >= 11 is 0. The predicted molar refractivity (Wildman–Crippen MR) is 113 cm³/mol. The van der Waals surface area contributed by atoms with Crippen molar-refractivity contribution in [3.05, 3.63) is 82.9 Å². The van der Waals surface area contributed by atoms with Crippen LogP contribution in [0.3, 0.4) is 0 Å². The van der Waals surface area contributed by atoms with Crippen LogP contribution in [-0.4, -0.2) is 47.6 Å². The van der Waals surface area contributed by atoms with E-state index in [0.29, 0.717) is 11.5 Å². The number of aromatic hydroxyl groups is 2. The third kappa shape index (κ3) is 4.34. The molecule has 0 aliphatic carbocycles. The van der Waals surface area contributed by atoms with Crippen molar-refractivity contribution in [2.45, 2.75) is 0 Å². The molecule has 0 bridgehead atoms. The molecule has 32 heavy (non-hydrogen) atoms. The lowest BCUT2D eigenvalue weighted by molar-refractivity contribution is 0.0810. The number of methoxy groups -OCH3 is 2. The molecule has 0 atom stereocenters. The summed E-state index contributed by atoms with van der Waals surface area (Å²) < 4.78 is 10.1. The van der Waals surface area contributed by atoms with Crippen molar-refractivity contribution in [2.24, 2.45) is 0 Å². The zero-order valence-corrected chi connectivity index (χ0v) is 17.1. The van der Waals surface area contributed by atoms with Crippen LogP contribution in [0.2, 0.25) is 0 Å². The van der Waals surface area contributed by atoms with Crippen LogP contribution in [0.15, 0.2) is 60.7 Å². The third-order valence-corrected chi connectivity index (χ3v) is 4.68. The van der Waals surface area contributed by atoms with Crippen molar-refractivity contribution >= 4 is 23.1 Å². The summed E-state index contributed by atoms with van der Waals surface area (Å²) in [7, 11) is 2.79. The second kappa shape index (κ2) is 9.13. The Morgan fingerprint density at radius 2 is 1.00 bits per heavy atom. The molecule has 0 aliphatic heterocycles. The molecule has 8 heteroatoms. The first-order valence-electron chi connectivity index (χ1n) is 9.29. The van der Waals surface area contributed by atoms with E-state index >= 15 is 0 Å². The second-order valence-electron chi connectivity index (χ2n) is 6.67. The topological polar surface area (TPSA) is 127 Å². The van der Waals surface area contributed by atoms with Crippen molar-refractivity contribution in [3.63, 3.8) is 0 Å². The normalized spacial score (nSPS) is 10.3. The van der Waals surface area contributed by atoms with Crippen LogP contribution in [0.4, 0.5) is 0 Å². The van der Waals surface area contributed by atoms with Gasteiger partial charge in [-0.2, -0.15) is 0 Å². The van der Waals surface area contributed by atoms with E-state index in [1.807, 2.05) is 0 Å². The van der Waals surface area contributed by atoms with Crippen molar-refractivity contribution in [2.75, 3.05) is 14.2 Å². The molecule has 8 nitrogen and oxygen atoms in total. The van der Waals surface area contributed by atoms with Crippen molar-refractivity contribution in [1.82, 2.24) is 0 Å². The minimum absolute atomic E-state index is 0.00200. The SMILES string of the molecule is COc1cccc(C(=O)C(=O)c2cc(C(=O)C(=O)c3cccc(OC)c3)c(O)cc2O)c1. The van der Waals surface area contributed by atoms with Crippen LogP contribution in [-0.2, 0) is 0 Å². The molecule has 0 unspecified atom stereocenters. The van der Waals surface area contributed by atoms with Gasteiger partial charge in [-0.1, -0.05) is 24.3 Å². The van der Waals surface area contributed by atoms with Crippen LogP contribution < -0.4 is 9.47 Å². The quantitative estimate of drug-likeness (QED) is 0.409. The minimum atomic E-state index is -1.13. The van der Waals surface area contributed by atoms with Crippen LogP contribution in [0.25, 0.3) is 0 Å². The van der Waals surface area contributed by atoms with Gasteiger partial charge in [0.1, 0.15) is 23.0 Å². The van der Waals surface area contributed by atoms with Crippen LogP contribution in [0.5, 0.6) is 23.0 Å². The van der Waals surface area contributed by atoms with Gasteiger partial charge in [0.05, 0.1) is 25.3 Å². The molecule has 3 rings (SSSR count). The standard InChI is InChI=1S/C24H18O8/c1-31-15-7-3-5-13(9-15)21(27)23(29)17-11-18(20(26)12-19(17)25)24(30)22(28)14-6-4-8-16(10-14)32-2/h3-12,25-26H,1-2H3. The molecule has 2 N–H and O–H groups in total. The molecule has 0 spiro atoms. The molecule has 0 saturated carbocycles. The Morgan fingerprint density at radius 1 is 0.594 bits per heavy atom. The zero-order valence-electron chi connectivity index (χ0n) is 17.1. The van der Waals surface area contributed by atoms with Crippen molar-refractivity contribution < 1.29 is 38.9 Å². The number of carbonyl (C=O) groups is 4. The smallest absolute Gasteiger partial charge is 0.237 e. The Kier molecular flexibility index (Phi) is 6.34. The van der Waals surface area contributed by atoms with Gasteiger partial charge in [-0.3, -0.25) is 19.2 Å². The molecule has 0 saturated heterocycles. The first-order chi connectivity index (χ1) is 15.3. The predicted octanol–water partition coefficient (Wildman–Crippen LogP) is 3.25. The number of ketones is 4. The fraction of sp³-hybridized carbons (Fsp3) is 0.0833. The van der Waals surface area contributed by atoms with Gasteiger partial charge in [0.2, 0.25) is 23.1 Å². The molecule has 0 radical (unpaired) electrons. The van der Waals surface area contributed by atoms with Gasteiger partial charge in [-0.05, 0) is 30.3 Å². The maximum absolute atomic E-state index is 12.7. The van der Waals surface area contributed by atoms with Crippen molar-refractivity contribution in [3.8, 4) is 23.0 Å². The number of ether oxygens (including phenoxy) is 2. The number of Topliss-reactive ketones (excluding diaryl/α,β-unsaturated/α-hetero) is 4. The molecule has 0 amide bonds. The average molecular weight is 434 g/mol. The van der Waals surface area contributed by atoms with Gasteiger partial charge in [0.15, 0.2) is 0 Å². The fourth-order valence-corrected chi connectivity index (χ4v) is 2.98. The maximum Gasteiger partial charge on any atom is 0.237 e. The highest BCUT2D eigenvalue weighted by molar-refractivity contribution is 6.52. The van der Waals surface area contributed by atoms with E-state index < -0.39 is 45.8 Å². The first-order valence-corrected chi connectivity index (χ1v) is 9.29. The number of phenols is 2. The number of phenolic OH excluding ortho intramolecular Hbond substituents is 2. The lowest BCUT2D eigenvalue weighted by atomic mass is 9.95. The molecule has 162 valence electrons. The maximum atomic E-state index is 12.7. The first kappa shape index (κ1) is 22.2. The Hall–Kier alpha value is -4.46. The number of rotatable bonds is 8. The van der Waals surface area contributed by atoms with Gasteiger partial charge in [0.25, 0.3) is 0 Å². The van der Waals surface area contributed by atoms with E-state index in [0.717, 1.165) is 12.1 Å². The van der Waals surface area contributed by atoms with Gasteiger partial charge >= 0.3 is 0 Å². The summed E-state index contributed by atoms with van der Waals surface area (Å²) in [6.45, 7) is 0. The monoisotopic (exact) mass is 434 g/mol. The number of carbonyl (C=O) groups excluding carboxylic acids is 4. The van der Waals surface area contributed by atoms with Gasteiger partial charge in [0, 0.05) is 17.2 Å². The van der Waals surface area contributed by atoms with Crippen LogP contribution >= 0.6 is 0 Å². The highest BCUT2D eigenvalue weighted by Gasteiger charge is 2.28. The number of hydrogen-bond donors (Lipinski definition) is 2. The summed E-state index contributed by atoms with van der Waals surface area (Å²) in [5, 5.41) is 20.2. The van der Waals surface area contributed by atoms with Gasteiger partial charge in [-0.25, -0.2) is 0 Å². The van der Waals surface area contributed by atoms with Gasteiger partial charge < -0.3 is 19.7 Å². The van der Waals surface area contributed by atoms with Crippen LogP contribution in [0.1, 0.15) is 41.4 Å². The Balaban J connectivity index is 1.97. The summed E-state index contributed by atoms with van der Waals surface area (Å²) in [5.41, 5.74) is -1.06. The lowest BCUT2D eigenvalue weighted by Crippen LogP contribution is -2.18. The Bertz CT molecular complexity index is 1150. The second-order valence-corrected chi connectivity index (χ2v) is 6.67. The highest BCUT2D eigenvalue weighted by Crippen LogP contribution is 2.30. The van der Waals surface area contributed by atoms with E-state index in [-0.39, 0.29) is 11.1 Å². The van der Waals surface area contributed by atoms with Crippen LogP contribution in [0, 0.1) is 0 Å². The minimum Gasteiger partial charge on any atom is -0.507 e. The van der Waals surface area contributed by atoms with Gasteiger partial charge in [-0.15, -0.1) is 0 Å². The molecule has 0 heterocycles. The molecule has 3 aromatic rings. The van der Waals surface area contributed by atoms with E-state index in [2.05, 4.69) is 0 Å². The summed E-state index contributed by atoms with van der Waals surface area (Å²) in [6, 6.07) is 13.2. The lowest BCUT2D eigenvalue weighted by Gasteiger charge is -2.09. The summed E-state index contributed by atoms with van der Waals surface area (Å²) in [6.07, 6.45) is 0. The Labute approximate surface area is 182 Å². The largest absolute Gasteiger partial charge is 0.507 e. The molecular weight excluding hydrogens is 416 g/mol. The fourth-order valence-electron chi connectivity index (χ4n) is 2.98. The molecule has 0 fully saturated rings.